The molecule has 0 fully saturated rings. The van der Waals surface area contributed by atoms with Crippen molar-refractivity contribution in [3.8, 4) is 5.69 Å². The number of carboxylic acids is 1. The van der Waals surface area contributed by atoms with E-state index in [1.54, 1.807) is 24.3 Å². The minimum Gasteiger partial charge on any atom is -0.476 e. The van der Waals surface area contributed by atoms with Crippen molar-refractivity contribution in [2.45, 2.75) is 26.7 Å². The number of aromatic carboxylic acids is 1. The number of carboxylic acid groups (broad SMARTS) is 1. The quantitative estimate of drug-likeness (QED) is 0.686. The van der Waals surface area contributed by atoms with Crippen LogP contribution in [0.5, 0.6) is 0 Å². The van der Waals surface area contributed by atoms with Gasteiger partial charge in [-0.25, -0.2) is 9.48 Å². The van der Waals surface area contributed by atoms with E-state index in [1.807, 2.05) is 25.6 Å². The largest absolute Gasteiger partial charge is 0.476 e. The van der Waals surface area contributed by atoms with Crippen LogP contribution in [0.3, 0.4) is 0 Å². The van der Waals surface area contributed by atoms with Gasteiger partial charge in [0.05, 0.1) is 17.6 Å². The molecule has 0 aliphatic carbocycles. The number of hydrogen-bond donors (Lipinski definition) is 2. The summed E-state index contributed by atoms with van der Waals surface area (Å²) >= 11 is 0. The number of aryl methyl sites for hydroxylation is 2. The van der Waals surface area contributed by atoms with Crippen molar-refractivity contribution in [1.29, 1.82) is 0 Å². The Hall–Kier alpha value is -3.49. The highest BCUT2D eigenvalue weighted by Crippen LogP contribution is 2.17. The second-order valence-electron chi connectivity index (χ2n) is 6.22. The molecule has 2 aromatic heterocycles. The first-order chi connectivity index (χ1) is 12.8. The van der Waals surface area contributed by atoms with E-state index >= 15 is 0 Å². The zero-order valence-electron chi connectivity index (χ0n) is 15.3. The Morgan fingerprint density at radius 1 is 1.26 bits per heavy atom. The van der Waals surface area contributed by atoms with Crippen LogP contribution in [-0.4, -0.2) is 41.8 Å². The monoisotopic (exact) mass is 368 g/mol. The van der Waals surface area contributed by atoms with Crippen molar-refractivity contribution in [2.75, 3.05) is 5.32 Å². The Morgan fingerprint density at radius 3 is 2.67 bits per heavy atom. The van der Waals surface area contributed by atoms with Gasteiger partial charge in [-0.3, -0.25) is 9.48 Å². The molecular formula is C18H20N6O3. The molecule has 0 aliphatic rings. The predicted octanol–water partition coefficient (Wildman–Crippen LogP) is 1.89. The fourth-order valence-electron chi connectivity index (χ4n) is 2.86. The molecule has 0 atom stereocenters. The Morgan fingerprint density at radius 2 is 2.04 bits per heavy atom. The molecule has 0 aliphatic heterocycles. The first kappa shape index (κ1) is 18.3. The van der Waals surface area contributed by atoms with Crippen LogP contribution in [-0.2, 0) is 18.3 Å². The number of rotatable bonds is 6. The highest BCUT2D eigenvalue weighted by molar-refractivity contribution is 5.91. The normalized spacial score (nSPS) is 10.8. The molecule has 0 saturated carbocycles. The Labute approximate surface area is 155 Å². The fraction of sp³-hybridized carbons (Fsp3) is 0.278. The maximum Gasteiger partial charge on any atom is 0.358 e. The van der Waals surface area contributed by atoms with Gasteiger partial charge in [0.1, 0.15) is 0 Å². The fourth-order valence-corrected chi connectivity index (χ4v) is 2.86. The third kappa shape index (κ3) is 4.02. The van der Waals surface area contributed by atoms with Gasteiger partial charge in [-0.2, -0.15) is 5.10 Å². The molecule has 3 rings (SSSR count). The molecule has 9 heteroatoms. The van der Waals surface area contributed by atoms with E-state index in [-0.39, 0.29) is 11.6 Å². The summed E-state index contributed by atoms with van der Waals surface area (Å²) in [7, 11) is 1.89. The summed E-state index contributed by atoms with van der Waals surface area (Å²) < 4.78 is 3.16. The summed E-state index contributed by atoms with van der Waals surface area (Å²) in [5.74, 6) is -1.26. The second kappa shape index (κ2) is 7.40. The van der Waals surface area contributed by atoms with E-state index in [2.05, 4.69) is 20.7 Å². The molecule has 0 saturated heterocycles. The first-order valence-corrected chi connectivity index (χ1v) is 8.40. The third-order valence-electron chi connectivity index (χ3n) is 4.37. The molecule has 1 amide bonds. The van der Waals surface area contributed by atoms with Crippen molar-refractivity contribution in [2.24, 2.45) is 7.05 Å². The number of aromatic nitrogens is 5. The summed E-state index contributed by atoms with van der Waals surface area (Å²) in [6, 6.07) is 6.97. The number of nitrogens with one attached hydrogen (secondary N) is 1. The molecule has 27 heavy (non-hydrogen) atoms. The maximum absolute atomic E-state index is 12.3. The van der Waals surface area contributed by atoms with Gasteiger partial charge in [0.25, 0.3) is 0 Å². The van der Waals surface area contributed by atoms with Crippen LogP contribution in [0.4, 0.5) is 5.69 Å². The number of carbonyl (C=O) groups excluding carboxylic acids is 1. The lowest BCUT2D eigenvalue weighted by Crippen LogP contribution is -2.13. The van der Waals surface area contributed by atoms with Crippen molar-refractivity contribution in [1.82, 2.24) is 24.8 Å². The van der Waals surface area contributed by atoms with E-state index in [9.17, 15) is 9.59 Å². The Bertz CT molecular complexity index is 1000. The van der Waals surface area contributed by atoms with Gasteiger partial charge in [-0.15, -0.1) is 5.10 Å². The molecule has 0 radical (unpaired) electrons. The standard InChI is InChI=1S/C18H20N6O3/c1-11-15(12(2)23(3)21-11)7-8-17(25)19-13-5-4-6-14(9-13)24-10-16(18(26)27)20-22-24/h4-6,9-10H,7-8H2,1-3H3,(H,19,25)(H,26,27). The minimum atomic E-state index is -1.15. The number of hydrogen-bond acceptors (Lipinski definition) is 5. The highest BCUT2D eigenvalue weighted by atomic mass is 16.4. The van der Waals surface area contributed by atoms with Gasteiger partial charge in [0, 0.05) is 24.8 Å². The lowest BCUT2D eigenvalue weighted by molar-refractivity contribution is -0.116. The van der Waals surface area contributed by atoms with Gasteiger partial charge >= 0.3 is 5.97 Å². The number of nitrogens with zero attached hydrogens (tertiary/aromatic N) is 5. The second-order valence-corrected chi connectivity index (χ2v) is 6.22. The van der Waals surface area contributed by atoms with Crippen molar-refractivity contribution >= 4 is 17.6 Å². The third-order valence-corrected chi connectivity index (χ3v) is 4.37. The number of carbonyl (C=O) groups is 2. The average Bonchev–Trinajstić information content (AvgIpc) is 3.20. The van der Waals surface area contributed by atoms with Crippen LogP contribution >= 0.6 is 0 Å². The Balaban J connectivity index is 1.66. The molecule has 2 N–H and O–H groups in total. The SMILES string of the molecule is Cc1nn(C)c(C)c1CCC(=O)Nc1cccc(-n2cc(C(=O)O)nn2)c1. The van der Waals surface area contributed by atoms with Crippen LogP contribution in [0, 0.1) is 13.8 Å². The number of anilines is 1. The molecule has 140 valence electrons. The molecular weight excluding hydrogens is 348 g/mol. The highest BCUT2D eigenvalue weighted by Gasteiger charge is 2.12. The van der Waals surface area contributed by atoms with E-state index < -0.39 is 5.97 Å². The van der Waals surface area contributed by atoms with E-state index in [4.69, 9.17) is 5.11 Å². The zero-order valence-corrected chi connectivity index (χ0v) is 15.3. The number of amides is 1. The molecule has 3 aromatic rings. The minimum absolute atomic E-state index is 0.111. The van der Waals surface area contributed by atoms with Gasteiger partial charge < -0.3 is 10.4 Å². The lowest BCUT2D eigenvalue weighted by atomic mass is 10.1. The van der Waals surface area contributed by atoms with Crippen LogP contribution in [0.1, 0.15) is 33.9 Å². The van der Waals surface area contributed by atoms with Crippen molar-refractivity contribution in [3.63, 3.8) is 0 Å². The Kier molecular flexibility index (Phi) is 5.02. The summed E-state index contributed by atoms with van der Waals surface area (Å²) in [6.45, 7) is 3.92. The van der Waals surface area contributed by atoms with Gasteiger partial charge in [0.2, 0.25) is 5.91 Å². The van der Waals surface area contributed by atoms with Crippen LogP contribution in [0.15, 0.2) is 30.5 Å². The van der Waals surface area contributed by atoms with Gasteiger partial charge in [0.15, 0.2) is 5.69 Å². The van der Waals surface area contributed by atoms with E-state index in [0.29, 0.717) is 24.2 Å². The molecule has 0 unspecified atom stereocenters. The summed E-state index contributed by atoms with van der Waals surface area (Å²) in [5.41, 5.74) is 4.14. The van der Waals surface area contributed by atoms with Crippen LogP contribution in [0.25, 0.3) is 5.69 Å². The van der Waals surface area contributed by atoms with Gasteiger partial charge in [-0.05, 0) is 44.0 Å². The smallest absolute Gasteiger partial charge is 0.358 e. The van der Waals surface area contributed by atoms with Gasteiger partial charge in [-0.1, -0.05) is 11.3 Å². The van der Waals surface area contributed by atoms with Crippen LogP contribution < -0.4 is 5.32 Å². The molecule has 9 nitrogen and oxygen atoms in total. The topological polar surface area (TPSA) is 115 Å². The van der Waals surface area contributed by atoms with Crippen molar-refractivity contribution in [3.05, 3.63) is 53.1 Å². The molecule has 0 spiro atoms. The van der Waals surface area contributed by atoms with Crippen molar-refractivity contribution < 1.29 is 14.7 Å². The summed E-state index contributed by atoms with van der Waals surface area (Å²) in [5, 5.41) is 23.5. The lowest BCUT2D eigenvalue weighted by Gasteiger charge is -2.08. The molecule has 2 heterocycles. The van der Waals surface area contributed by atoms with Crippen LogP contribution in [0.2, 0.25) is 0 Å². The zero-order chi connectivity index (χ0) is 19.6. The number of benzene rings is 1. The summed E-state index contributed by atoms with van der Waals surface area (Å²) in [6.07, 6.45) is 2.27. The maximum atomic E-state index is 12.3. The average molecular weight is 368 g/mol. The molecule has 0 bridgehead atoms. The van der Waals surface area contributed by atoms with E-state index in [1.165, 1.54) is 10.9 Å². The van der Waals surface area contributed by atoms with E-state index in [0.717, 1.165) is 17.0 Å². The predicted molar refractivity (Wildman–Crippen MR) is 98.0 cm³/mol. The first-order valence-electron chi connectivity index (χ1n) is 8.40. The summed E-state index contributed by atoms with van der Waals surface area (Å²) in [4.78, 5) is 23.2. The molecule has 1 aromatic carbocycles.